The van der Waals surface area contributed by atoms with Crippen LogP contribution in [0.25, 0.3) is 101 Å². The van der Waals surface area contributed by atoms with E-state index in [2.05, 4.69) is 186 Å². The molecule has 0 amide bonds. The van der Waals surface area contributed by atoms with Gasteiger partial charge in [0.05, 0.1) is 11.0 Å². The van der Waals surface area contributed by atoms with Crippen LogP contribution < -0.4 is 15.7 Å². The molecule has 5 heteroatoms. The van der Waals surface area contributed by atoms with E-state index in [4.69, 9.17) is 0 Å². The van der Waals surface area contributed by atoms with Crippen LogP contribution in [0.3, 0.4) is 0 Å². The smallest absolute Gasteiger partial charge is 0.333 e. The summed E-state index contributed by atoms with van der Waals surface area (Å²) in [5, 5.41) is 10.5. The van der Waals surface area contributed by atoms with Crippen molar-refractivity contribution in [2.75, 3.05) is 4.81 Å². The average Bonchev–Trinajstić information content (AvgIpc) is 3.95. The highest BCUT2D eigenvalue weighted by atomic mass is 32.1. The first kappa shape index (κ1) is 31.4. The van der Waals surface area contributed by atoms with Crippen LogP contribution in [0.1, 0.15) is 5.56 Å². The van der Waals surface area contributed by atoms with Gasteiger partial charge >= 0.3 is 6.85 Å². The van der Waals surface area contributed by atoms with Gasteiger partial charge in [0, 0.05) is 73.7 Å². The zero-order valence-electron chi connectivity index (χ0n) is 31.5. The van der Waals surface area contributed by atoms with Crippen LogP contribution in [0.5, 0.6) is 0 Å². The first-order chi connectivity index (χ1) is 28.7. The molecule has 0 saturated heterocycles. The maximum atomic E-state index is 2.65. The molecule has 0 saturated carbocycles. The van der Waals surface area contributed by atoms with Crippen LogP contribution >= 0.6 is 22.7 Å². The van der Waals surface area contributed by atoms with Gasteiger partial charge in [-0.1, -0.05) is 115 Å². The lowest BCUT2D eigenvalue weighted by atomic mass is 9.44. The number of aromatic nitrogens is 1. The number of para-hydroxylation sites is 1. The van der Waals surface area contributed by atoms with Gasteiger partial charge < -0.3 is 9.38 Å². The number of thiophene rings is 2. The molecule has 0 atom stereocenters. The summed E-state index contributed by atoms with van der Waals surface area (Å²) in [7, 11) is 0. The van der Waals surface area contributed by atoms with Crippen molar-refractivity contribution in [2.45, 2.75) is 6.92 Å². The molecule has 0 aliphatic carbocycles. The summed E-state index contributed by atoms with van der Waals surface area (Å²) < 4.78 is 7.97. The van der Waals surface area contributed by atoms with Gasteiger partial charge in [0.2, 0.25) is 0 Å². The Morgan fingerprint density at radius 1 is 0.466 bits per heavy atom. The van der Waals surface area contributed by atoms with Crippen LogP contribution in [-0.2, 0) is 0 Å². The molecule has 3 aromatic heterocycles. The van der Waals surface area contributed by atoms with Gasteiger partial charge in [0.25, 0.3) is 0 Å². The number of nitrogens with zero attached hydrogens (tertiary/aromatic N) is 2. The normalized spacial score (nSPS) is 13.2. The van der Waals surface area contributed by atoms with Crippen molar-refractivity contribution in [1.29, 1.82) is 0 Å². The van der Waals surface area contributed by atoms with Gasteiger partial charge in [-0.2, -0.15) is 0 Å². The van der Waals surface area contributed by atoms with Crippen LogP contribution in [0.2, 0.25) is 0 Å². The summed E-state index contributed by atoms with van der Waals surface area (Å²) in [6.45, 7) is 2.14. The fourth-order valence-electron chi connectivity index (χ4n) is 10.5. The number of rotatable bonds is 2. The molecular formula is C53H31BN2S2. The van der Waals surface area contributed by atoms with Crippen LogP contribution in [0.4, 0.5) is 11.4 Å². The highest BCUT2D eigenvalue weighted by molar-refractivity contribution is 7.26. The fraction of sp³-hybridized carbons (Fsp3) is 0.0189. The van der Waals surface area contributed by atoms with Crippen LogP contribution in [0, 0.1) is 6.92 Å². The van der Waals surface area contributed by atoms with E-state index in [0.717, 1.165) is 0 Å². The Morgan fingerprint density at radius 3 is 1.98 bits per heavy atom. The Bertz CT molecular complexity index is 3770. The number of hydrogen-bond donors (Lipinski definition) is 0. The lowest BCUT2D eigenvalue weighted by Crippen LogP contribution is -2.60. The molecule has 2 aliphatic rings. The van der Waals surface area contributed by atoms with E-state index in [1.54, 1.807) is 0 Å². The first-order valence-corrected chi connectivity index (χ1v) is 21.7. The van der Waals surface area contributed by atoms with Crippen molar-refractivity contribution in [2.24, 2.45) is 0 Å². The van der Waals surface area contributed by atoms with E-state index in [1.807, 2.05) is 22.7 Å². The van der Waals surface area contributed by atoms with E-state index in [-0.39, 0.29) is 6.85 Å². The lowest BCUT2D eigenvalue weighted by molar-refractivity contribution is 1.19. The SMILES string of the molecule is Cc1ccc(N2B3c4cc5sc6ccccc6c5cc4-n4c5ccc6ccccc6c5c5c(-c6ccc7c(c6)sc6ccccc67)cc(c3c54)-c3ccccc32)cc1. The van der Waals surface area contributed by atoms with Crippen molar-refractivity contribution in [3.63, 3.8) is 0 Å². The Labute approximate surface area is 342 Å². The number of fused-ring (bicyclic) bond motifs is 16. The van der Waals surface area contributed by atoms with Gasteiger partial charge in [0.15, 0.2) is 0 Å². The molecule has 0 radical (unpaired) electrons. The first-order valence-electron chi connectivity index (χ1n) is 20.0. The Balaban J connectivity index is 1.21. The molecule has 0 unspecified atom stereocenters. The average molecular weight is 771 g/mol. The van der Waals surface area contributed by atoms with Gasteiger partial charge in [-0.25, -0.2) is 0 Å². The highest BCUT2D eigenvalue weighted by Crippen LogP contribution is 2.50. The van der Waals surface area contributed by atoms with Crippen LogP contribution in [-0.4, -0.2) is 11.4 Å². The molecule has 0 N–H and O–H groups in total. The van der Waals surface area contributed by atoms with Crippen molar-refractivity contribution in [3.8, 4) is 27.9 Å². The van der Waals surface area contributed by atoms with E-state index in [1.165, 1.54) is 129 Å². The predicted octanol–water partition coefficient (Wildman–Crippen LogP) is 13.9. The Hall–Kier alpha value is -6.66. The standard InChI is InChI=1S/C53H31BN2S2/c1-30-18-22-33(23-19-30)56-43-15-7-4-12-35(43)41-27-39(32-20-24-38-36-13-5-8-16-46(36)57-48(38)26-32)51-50-34-11-3-2-10-31(34)21-25-44(50)55-45-28-40-37-14-6-9-17-47(37)58-49(40)29-42(45)54(56)52(41)53(51)55/h2-29H,1H3. The minimum Gasteiger partial charge on any atom is -0.376 e. The van der Waals surface area contributed by atoms with Gasteiger partial charge in [-0.3, -0.25) is 0 Å². The van der Waals surface area contributed by atoms with Crippen molar-refractivity contribution in [1.82, 2.24) is 4.57 Å². The molecule has 5 heterocycles. The van der Waals surface area contributed by atoms with E-state index in [9.17, 15) is 0 Å². The number of anilines is 2. The monoisotopic (exact) mass is 770 g/mol. The van der Waals surface area contributed by atoms with E-state index in [0.29, 0.717) is 0 Å². The van der Waals surface area contributed by atoms with Gasteiger partial charge in [-0.05, 0) is 106 Å². The summed E-state index contributed by atoms with van der Waals surface area (Å²) >= 11 is 3.81. The predicted molar refractivity (Wildman–Crippen MR) is 253 cm³/mol. The summed E-state index contributed by atoms with van der Waals surface area (Å²) in [4.78, 5) is 2.64. The van der Waals surface area contributed by atoms with Crippen LogP contribution in [0.15, 0.2) is 170 Å². The quantitative estimate of drug-likeness (QED) is 0.159. The highest BCUT2D eigenvalue weighted by Gasteiger charge is 2.45. The van der Waals surface area contributed by atoms with E-state index >= 15 is 0 Å². The fourth-order valence-corrected chi connectivity index (χ4v) is 12.8. The molecule has 14 rings (SSSR count). The molecule has 0 spiro atoms. The molecule has 268 valence electrons. The number of benzene rings is 9. The number of aryl methyl sites for hydroxylation is 1. The molecule has 9 aromatic carbocycles. The maximum Gasteiger partial charge on any atom is 0.333 e. The number of hydrogen-bond acceptors (Lipinski definition) is 3. The van der Waals surface area contributed by atoms with E-state index < -0.39 is 0 Å². The Morgan fingerprint density at radius 2 is 1.16 bits per heavy atom. The second kappa shape index (κ2) is 11.3. The maximum absolute atomic E-state index is 2.65. The molecule has 0 bridgehead atoms. The van der Waals surface area contributed by atoms with Gasteiger partial charge in [0.1, 0.15) is 0 Å². The third-order valence-corrected chi connectivity index (χ3v) is 15.3. The minimum atomic E-state index is -0.0399. The van der Waals surface area contributed by atoms with Gasteiger partial charge in [-0.15, -0.1) is 22.7 Å². The largest absolute Gasteiger partial charge is 0.376 e. The zero-order valence-corrected chi connectivity index (χ0v) is 33.1. The molecule has 0 fully saturated rings. The zero-order chi connectivity index (χ0) is 37.8. The molecule has 2 aliphatic heterocycles. The van der Waals surface area contributed by atoms with Crippen molar-refractivity contribution < 1.29 is 0 Å². The summed E-state index contributed by atoms with van der Waals surface area (Å²) in [5.41, 5.74) is 15.4. The Kier molecular flexibility index (Phi) is 6.10. The summed E-state index contributed by atoms with van der Waals surface area (Å²) in [6.07, 6.45) is 0. The van der Waals surface area contributed by atoms with Crippen molar-refractivity contribution in [3.05, 3.63) is 175 Å². The third kappa shape index (κ3) is 4.02. The second-order valence-corrected chi connectivity index (χ2v) is 18.2. The molecular weight excluding hydrogens is 740 g/mol. The second-order valence-electron chi connectivity index (χ2n) is 16.1. The third-order valence-electron chi connectivity index (χ3n) is 13.0. The lowest BCUT2D eigenvalue weighted by Gasteiger charge is -2.42. The van der Waals surface area contributed by atoms with Crippen molar-refractivity contribution >= 4 is 125 Å². The molecule has 12 aromatic rings. The summed E-state index contributed by atoms with van der Waals surface area (Å²) in [6, 6.07) is 64.5. The molecule has 2 nitrogen and oxygen atoms in total. The summed E-state index contributed by atoms with van der Waals surface area (Å²) in [5.74, 6) is 0. The minimum absolute atomic E-state index is 0.0399. The topological polar surface area (TPSA) is 8.17 Å². The molecule has 58 heavy (non-hydrogen) atoms.